The number of rotatable bonds is 2. The van der Waals surface area contributed by atoms with E-state index in [-0.39, 0.29) is 18.6 Å². The number of aliphatic hydroxyl groups is 1. The number of piperidine rings is 1. The topological polar surface area (TPSA) is 75.8 Å². The number of hydrogen-bond donors (Lipinski definition) is 1. The average Bonchev–Trinajstić information content (AvgIpc) is 2.85. The maximum atomic E-state index is 11.9. The maximum Gasteiger partial charge on any atom is 0.410 e. The second-order valence-electron chi connectivity index (χ2n) is 6.06. The highest BCUT2D eigenvalue weighted by Gasteiger charge is 2.29. The van der Waals surface area contributed by atoms with Crippen LogP contribution < -0.4 is 0 Å². The lowest BCUT2D eigenvalue weighted by Gasteiger charge is -2.32. The van der Waals surface area contributed by atoms with Gasteiger partial charge in [0.15, 0.2) is 5.89 Å². The van der Waals surface area contributed by atoms with Gasteiger partial charge in [-0.2, -0.15) is 0 Å². The van der Waals surface area contributed by atoms with Crippen LogP contribution in [0.15, 0.2) is 10.6 Å². The minimum atomic E-state index is -0.466. The number of carbonyl (C=O) groups excluding carboxylic acids is 1. The molecule has 1 aliphatic heterocycles. The molecule has 2 rings (SSSR count). The van der Waals surface area contributed by atoms with E-state index in [9.17, 15) is 4.79 Å². The van der Waals surface area contributed by atoms with Crippen molar-refractivity contribution >= 4 is 6.09 Å². The highest BCUT2D eigenvalue weighted by atomic mass is 16.6. The van der Waals surface area contributed by atoms with Crippen LogP contribution >= 0.6 is 0 Å². The fourth-order valence-electron chi connectivity index (χ4n) is 2.22. The molecule has 0 atom stereocenters. The lowest BCUT2D eigenvalue weighted by atomic mass is 9.97. The third kappa shape index (κ3) is 3.72. The molecule has 0 bridgehead atoms. The van der Waals surface area contributed by atoms with Gasteiger partial charge in [0, 0.05) is 19.0 Å². The number of carbonyl (C=O) groups is 1. The summed E-state index contributed by atoms with van der Waals surface area (Å²) in [6.45, 7) is 6.72. The van der Waals surface area contributed by atoms with Crippen LogP contribution in [0.5, 0.6) is 0 Å². The molecule has 6 nitrogen and oxygen atoms in total. The van der Waals surface area contributed by atoms with Gasteiger partial charge in [0.05, 0.1) is 6.20 Å². The van der Waals surface area contributed by atoms with E-state index < -0.39 is 5.60 Å². The summed E-state index contributed by atoms with van der Waals surface area (Å²) >= 11 is 0. The summed E-state index contributed by atoms with van der Waals surface area (Å²) in [5.74, 6) is 1.33. The first-order valence-corrected chi connectivity index (χ1v) is 6.92. The largest absolute Gasteiger partial charge is 0.444 e. The molecule has 1 aliphatic rings. The number of aromatic nitrogens is 1. The smallest absolute Gasteiger partial charge is 0.410 e. The lowest BCUT2D eigenvalue weighted by Crippen LogP contribution is -2.41. The van der Waals surface area contributed by atoms with Gasteiger partial charge in [0.2, 0.25) is 0 Å². The fraction of sp³-hybridized carbons (Fsp3) is 0.714. The zero-order chi connectivity index (χ0) is 14.8. The summed E-state index contributed by atoms with van der Waals surface area (Å²) in [7, 11) is 0. The molecule has 1 amide bonds. The van der Waals surface area contributed by atoms with Crippen molar-refractivity contribution in [2.75, 3.05) is 13.1 Å². The van der Waals surface area contributed by atoms with Crippen molar-refractivity contribution in [2.45, 2.75) is 51.7 Å². The highest BCUT2D eigenvalue weighted by Crippen LogP contribution is 2.28. The number of hydrogen-bond acceptors (Lipinski definition) is 5. The third-order valence-corrected chi connectivity index (χ3v) is 3.22. The monoisotopic (exact) mass is 282 g/mol. The van der Waals surface area contributed by atoms with Crippen molar-refractivity contribution in [1.82, 2.24) is 9.88 Å². The van der Waals surface area contributed by atoms with Gasteiger partial charge in [0.25, 0.3) is 0 Å². The van der Waals surface area contributed by atoms with Crippen LogP contribution in [0.3, 0.4) is 0 Å². The van der Waals surface area contributed by atoms with Gasteiger partial charge in [-0.1, -0.05) is 0 Å². The SMILES string of the molecule is CC(C)(C)OC(=O)N1CCC(c2ncc(CO)o2)CC1. The van der Waals surface area contributed by atoms with Crippen LogP contribution in [0.25, 0.3) is 0 Å². The van der Waals surface area contributed by atoms with E-state index in [2.05, 4.69) is 4.98 Å². The molecular weight excluding hydrogens is 260 g/mol. The van der Waals surface area contributed by atoms with Crippen molar-refractivity contribution in [3.8, 4) is 0 Å². The Morgan fingerprint density at radius 1 is 1.50 bits per heavy atom. The van der Waals surface area contributed by atoms with E-state index in [1.54, 1.807) is 11.1 Å². The standard InChI is InChI=1S/C14H22N2O4/c1-14(2,3)20-13(18)16-6-4-10(5-7-16)12-15-8-11(9-17)19-12/h8,10,17H,4-7,9H2,1-3H3. The summed E-state index contributed by atoms with van der Waals surface area (Å²) in [4.78, 5) is 17.8. The van der Waals surface area contributed by atoms with Gasteiger partial charge < -0.3 is 19.2 Å². The second-order valence-corrected chi connectivity index (χ2v) is 6.06. The Bertz CT molecular complexity index is 456. The molecule has 0 aliphatic carbocycles. The fourth-order valence-corrected chi connectivity index (χ4v) is 2.22. The molecule has 2 heterocycles. The molecular formula is C14H22N2O4. The number of aliphatic hydroxyl groups excluding tert-OH is 1. The van der Waals surface area contributed by atoms with Crippen LogP contribution in [0.2, 0.25) is 0 Å². The Balaban J connectivity index is 1.87. The second kappa shape index (κ2) is 5.83. The van der Waals surface area contributed by atoms with Crippen LogP contribution in [0, 0.1) is 0 Å². The molecule has 1 fully saturated rings. The van der Waals surface area contributed by atoms with Crippen molar-refractivity contribution in [3.63, 3.8) is 0 Å². The summed E-state index contributed by atoms with van der Waals surface area (Å²) in [5, 5.41) is 8.97. The van der Waals surface area contributed by atoms with Gasteiger partial charge in [-0.15, -0.1) is 0 Å². The van der Waals surface area contributed by atoms with Crippen molar-refractivity contribution in [3.05, 3.63) is 17.8 Å². The first-order valence-electron chi connectivity index (χ1n) is 6.92. The van der Waals surface area contributed by atoms with E-state index in [0.29, 0.717) is 24.7 Å². The molecule has 0 aromatic carbocycles. The van der Waals surface area contributed by atoms with Gasteiger partial charge in [-0.3, -0.25) is 0 Å². The van der Waals surface area contributed by atoms with Crippen LogP contribution in [0.4, 0.5) is 4.79 Å². The summed E-state index contributed by atoms with van der Waals surface area (Å²) in [6, 6.07) is 0. The van der Waals surface area contributed by atoms with Crippen molar-refractivity contribution in [1.29, 1.82) is 0 Å². The van der Waals surface area contributed by atoms with Gasteiger partial charge >= 0.3 is 6.09 Å². The minimum Gasteiger partial charge on any atom is -0.444 e. The van der Waals surface area contributed by atoms with E-state index in [4.69, 9.17) is 14.3 Å². The maximum absolute atomic E-state index is 11.9. The molecule has 1 N–H and O–H groups in total. The number of amides is 1. The molecule has 6 heteroatoms. The Morgan fingerprint density at radius 3 is 2.65 bits per heavy atom. The molecule has 112 valence electrons. The van der Waals surface area contributed by atoms with Crippen LogP contribution in [0.1, 0.15) is 51.2 Å². The molecule has 0 unspecified atom stereocenters. The quantitative estimate of drug-likeness (QED) is 0.900. The van der Waals surface area contributed by atoms with E-state index in [1.807, 2.05) is 20.8 Å². The number of oxazole rings is 1. The van der Waals surface area contributed by atoms with E-state index >= 15 is 0 Å². The number of ether oxygens (including phenoxy) is 1. The molecule has 20 heavy (non-hydrogen) atoms. The Hall–Kier alpha value is -1.56. The summed E-state index contributed by atoms with van der Waals surface area (Å²) < 4.78 is 10.8. The normalized spacial score (nSPS) is 17.3. The summed E-state index contributed by atoms with van der Waals surface area (Å²) in [6.07, 6.45) is 2.88. The van der Waals surface area contributed by atoms with Crippen LogP contribution in [-0.2, 0) is 11.3 Å². The Kier molecular flexibility index (Phi) is 4.32. The molecule has 1 aromatic rings. The molecule has 1 saturated heterocycles. The Labute approximate surface area is 118 Å². The van der Waals surface area contributed by atoms with Gasteiger partial charge in [-0.25, -0.2) is 9.78 Å². The lowest BCUT2D eigenvalue weighted by molar-refractivity contribution is 0.0199. The van der Waals surface area contributed by atoms with Gasteiger partial charge in [0.1, 0.15) is 18.0 Å². The van der Waals surface area contributed by atoms with E-state index in [0.717, 1.165) is 12.8 Å². The number of likely N-dealkylation sites (tertiary alicyclic amines) is 1. The Morgan fingerprint density at radius 2 is 2.15 bits per heavy atom. The van der Waals surface area contributed by atoms with Crippen molar-refractivity contribution < 1.29 is 19.1 Å². The predicted molar refractivity (Wildman–Crippen MR) is 72.2 cm³/mol. The van der Waals surface area contributed by atoms with Gasteiger partial charge in [-0.05, 0) is 33.6 Å². The number of nitrogens with zero attached hydrogens (tertiary/aromatic N) is 2. The molecule has 0 spiro atoms. The first-order chi connectivity index (χ1) is 9.39. The zero-order valence-corrected chi connectivity index (χ0v) is 12.3. The highest BCUT2D eigenvalue weighted by molar-refractivity contribution is 5.68. The van der Waals surface area contributed by atoms with Crippen LogP contribution in [-0.4, -0.2) is 39.8 Å². The first kappa shape index (κ1) is 14.8. The predicted octanol–water partition coefficient (Wildman–Crippen LogP) is 2.28. The zero-order valence-electron chi connectivity index (χ0n) is 12.3. The molecule has 0 radical (unpaired) electrons. The summed E-state index contributed by atoms with van der Waals surface area (Å²) in [5.41, 5.74) is -0.466. The third-order valence-electron chi connectivity index (χ3n) is 3.22. The molecule has 0 saturated carbocycles. The minimum absolute atomic E-state index is 0.135. The average molecular weight is 282 g/mol. The van der Waals surface area contributed by atoms with E-state index in [1.165, 1.54) is 0 Å². The van der Waals surface area contributed by atoms with Crippen molar-refractivity contribution in [2.24, 2.45) is 0 Å². The molecule has 1 aromatic heterocycles.